The van der Waals surface area contributed by atoms with Gasteiger partial charge in [-0.25, -0.2) is 0 Å². The lowest BCUT2D eigenvalue weighted by molar-refractivity contribution is 0.0683. The smallest absolute Gasteiger partial charge is 0.257 e. The van der Waals surface area contributed by atoms with Gasteiger partial charge in [0.05, 0.1) is 12.7 Å². The van der Waals surface area contributed by atoms with Crippen LogP contribution in [0.5, 0.6) is 5.75 Å². The van der Waals surface area contributed by atoms with Crippen LogP contribution >= 0.6 is 23.2 Å². The van der Waals surface area contributed by atoms with E-state index < -0.39 is 0 Å². The van der Waals surface area contributed by atoms with Crippen LogP contribution in [0.2, 0.25) is 5.02 Å². The van der Waals surface area contributed by atoms with Gasteiger partial charge in [0.25, 0.3) is 5.91 Å². The zero-order chi connectivity index (χ0) is 14.0. The molecule has 2 unspecified atom stereocenters. The van der Waals surface area contributed by atoms with Gasteiger partial charge in [-0.1, -0.05) is 18.5 Å². The molecule has 0 aliphatic carbocycles. The Morgan fingerprint density at radius 3 is 2.84 bits per heavy atom. The molecule has 1 aliphatic rings. The van der Waals surface area contributed by atoms with E-state index in [-0.39, 0.29) is 11.3 Å². The average molecular weight is 302 g/mol. The van der Waals surface area contributed by atoms with Crippen molar-refractivity contribution in [3.05, 3.63) is 28.8 Å². The number of hydrogen-bond acceptors (Lipinski definition) is 2. The maximum Gasteiger partial charge on any atom is 0.257 e. The van der Waals surface area contributed by atoms with Crippen molar-refractivity contribution in [2.75, 3.05) is 20.2 Å². The van der Waals surface area contributed by atoms with Crippen LogP contribution < -0.4 is 4.74 Å². The number of methoxy groups -OCH3 is 1. The highest BCUT2D eigenvalue weighted by atomic mass is 35.5. The van der Waals surface area contributed by atoms with Crippen LogP contribution in [0.3, 0.4) is 0 Å². The van der Waals surface area contributed by atoms with Gasteiger partial charge in [-0.15, -0.1) is 11.6 Å². The Morgan fingerprint density at radius 1 is 1.47 bits per heavy atom. The van der Waals surface area contributed by atoms with E-state index in [2.05, 4.69) is 6.92 Å². The van der Waals surface area contributed by atoms with Crippen LogP contribution in [-0.2, 0) is 0 Å². The number of benzene rings is 1. The first kappa shape index (κ1) is 14.5. The number of ether oxygens (including phenoxy) is 1. The van der Waals surface area contributed by atoms with Gasteiger partial charge in [-0.3, -0.25) is 4.79 Å². The molecule has 1 aromatic rings. The maximum absolute atomic E-state index is 12.5. The molecule has 1 amide bonds. The van der Waals surface area contributed by atoms with E-state index in [0.717, 1.165) is 6.42 Å². The molecular weight excluding hydrogens is 285 g/mol. The van der Waals surface area contributed by atoms with Gasteiger partial charge in [-0.2, -0.15) is 0 Å². The zero-order valence-electron chi connectivity index (χ0n) is 11.0. The number of alkyl halides is 1. The summed E-state index contributed by atoms with van der Waals surface area (Å²) in [5.41, 5.74) is 0.548. The summed E-state index contributed by atoms with van der Waals surface area (Å²) < 4.78 is 5.23. The molecular formula is C14H17Cl2NO2. The molecule has 1 aliphatic heterocycles. The van der Waals surface area contributed by atoms with E-state index in [9.17, 15) is 4.79 Å². The predicted octanol–water partition coefficient (Wildman–Crippen LogP) is 3.44. The first-order valence-electron chi connectivity index (χ1n) is 6.29. The normalized spacial score (nSPS) is 23.3. The van der Waals surface area contributed by atoms with Crippen molar-refractivity contribution in [3.8, 4) is 5.75 Å². The molecule has 2 atom stereocenters. The number of nitrogens with zero attached hydrogens (tertiary/aromatic N) is 1. The summed E-state index contributed by atoms with van der Waals surface area (Å²) in [5, 5.41) is 0.706. The fourth-order valence-electron chi connectivity index (χ4n) is 2.31. The molecule has 3 nitrogen and oxygen atoms in total. The highest BCUT2D eigenvalue weighted by molar-refractivity contribution is 6.30. The molecule has 104 valence electrons. The molecule has 0 spiro atoms. The summed E-state index contributed by atoms with van der Waals surface area (Å²) in [4.78, 5) is 14.3. The quantitative estimate of drug-likeness (QED) is 0.783. The van der Waals surface area contributed by atoms with Gasteiger partial charge < -0.3 is 9.64 Å². The molecule has 1 fully saturated rings. The van der Waals surface area contributed by atoms with Gasteiger partial charge in [0.2, 0.25) is 0 Å². The lowest BCUT2D eigenvalue weighted by atomic mass is 9.98. The molecule has 0 saturated carbocycles. The van der Waals surface area contributed by atoms with Crippen molar-refractivity contribution in [1.82, 2.24) is 4.90 Å². The Balaban J connectivity index is 2.20. The number of hydrogen-bond donors (Lipinski definition) is 0. The molecule has 0 bridgehead atoms. The highest BCUT2D eigenvalue weighted by Gasteiger charge is 2.29. The second-order valence-corrected chi connectivity index (χ2v) is 5.87. The average Bonchev–Trinajstić information content (AvgIpc) is 2.41. The molecule has 1 saturated heterocycles. The second-order valence-electron chi connectivity index (χ2n) is 4.88. The Bertz CT molecular complexity index is 479. The van der Waals surface area contributed by atoms with Gasteiger partial charge in [0, 0.05) is 23.5 Å². The van der Waals surface area contributed by atoms with E-state index in [1.165, 1.54) is 7.11 Å². The van der Waals surface area contributed by atoms with Crippen LogP contribution in [0, 0.1) is 5.92 Å². The topological polar surface area (TPSA) is 29.5 Å². The first-order chi connectivity index (χ1) is 9.02. The van der Waals surface area contributed by atoms with Crippen molar-refractivity contribution in [1.29, 1.82) is 0 Å². The van der Waals surface area contributed by atoms with Crippen LogP contribution in [0.25, 0.3) is 0 Å². The van der Waals surface area contributed by atoms with Crippen LogP contribution in [0.1, 0.15) is 23.7 Å². The minimum atomic E-state index is -0.0241. The number of rotatable bonds is 2. The Kier molecular flexibility index (Phi) is 4.58. The maximum atomic E-state index is 12.5. The SMILES string of the molecule is COc1cc(Cl)ccc1C(=O)N1CCC(Cl)C(C)C1. The third-order valence-electron chi connectivity index (χ3n) is 3.48. The van der Waals surface area contributed by atoms with Crippen LogP contribution in [-0.4, -0.2) is 36.4 Å². The number of halogens is 2. The highest BCUT2D eigenvalue weighted by Crippen LogP contribution is 2.27. The summed E-state index contributed by atoms with van der Waals surface area (Å²) in [7, 11) is 1.54. The summed E-state index contributed by atoms with van der Waals surface area (Å²) in [5.74, 6) is 0.791. The number of piperidine rings is 1. The van der Waals surface area contributed by atoms with E-state index in [0.29, 0.717) is 35.3 Å². The van der Waals surface area contributed by atoms with Crippen molar-refractivity contribution in [2.24, 2.45) is 5.92 Å². The van der Waals surface area contributed by atoms with Crippen molar-refractivity contribution in [3.63, 3.8) is 0 Å². The fourth-order valence-corrected chi connectivity index (χ4v) is 2.65. The van der Waals surface area contributed by atoms with Crippen LogP contribution in [0.4, 0.5) is 0 Å². The fraction of sp³-hybridized carbons (Fsp3) is 0.500. The number of amides is 1. The monoisotopic (exact) mass is 301 g/mol. The lowest BCUT2D eigenvalue weighted by Crippen LogP contribution is -2.43. The zero-order valence-corrected chi connectivity index (χ0v) is 12.5. The standard InChI is InChI=1S/C14H17Cl2NO2/c1-9-8-17(6-5-12(9)16)14(18)11-4-3-10(15)7-13(11)19-2/h3-4,7,9,12H,5-6,8H2,1-2H3. The van der Waals surface area contributed by atoms with Gasteiger partial charge in [-0.05, 0) is 30.5 Å². The molecule has 2 rings (SSSR count). The Labute approximate surface area is 123 Å². The molecule has 0 aromatic heterocycles. The number of likely N-dealkylation sites (tertiary alicyclic amines) is 1. The van der Waals surface area contributed by atoms with Gasteiger partial charge in [0.1, 0.15) is 5.75 Å². The summed E-state index contributed by atoms with van der Waals surface area (Å²) in [6.07, 6.45) is 0.824. The molecule has 1 heterocycles. The van der Waals surface area contributed by atoms with Gasteiger partial charge >= 0.3 is 0 Å². The summed E-state index contributed by atoms with van der Waals surface area (Å²) >= 11 is 12.1. The summed E-state index contributed by atoms with van der Waals surface area (Å²) in [6.45, 7) is 3.43. The predicted molar refractivity (Wildman–Crippen MR) is 77.3 cm³/mol. The Morgan fingerprint density at radius 2 is 2.21 bits per heavy atom. The van der Waals surface area contributed by atoms with E-state index >= 15 is 0 Å². The first-order valence-corrected chi connectivity index (χ1v) is 7.11. The molecule has 0 radical (unpaired) electrons. The van der Waals surface area contributed by atoms with Crippen molar-refractivity contribution in [2.45, 2.75) is 18.7 Å². The largest absolute Gasteiger partial charge is 0.496 e. The molecule has 19 heavy (non-hydrogen) atoms. The van der Waals surface area contributed by atoms with E-state index in [1.54, 1.807) is 18.2 Å². The number of carbonyl (C=O) groups excluding carboxylic acids is 1. The summed E-state index contributed by atoms with van der Waals surface area (Å²) in [6, 6.07) is 5.07. The lowest BCUT2D eigenvalue weighted by Gasteiger charge is -2.34. The van der Waals surface area contributed by atoms with Gasteiger partial charge in [0.15, 0.2) is 0 Å². The minimum Gasteiger partial charge on any atom is -0.496 e. The third-order valence-corrected chi connectivity index (χ3v) is 4.37. The Hall–Kier alpha value is -0.930. The van der Waals surface area contributed by atoms with Crippen molar-refractivity contribution >= 4 is 29.1 Å². The van der Waals surface area contributed by atoms with Crippen molar-refractivity contribution < 1.29 is 9.53 Å². The second kappa shape index (κ2) is 6.02. The molecule has 1 aromatic carbocycles. The van der Waals surface area contributed by atoms with E-state index in [1.807, 2.05) is 4.90 Å². The third kappa shape index (κ3) is 3.15. The minimum absolute atomic E-state index is 0.0241. The number of carbonyl (C=O) groups is 1. The van der Waals surface area contributed by atoms with E-state index in [4.69, 9.17) is 27.9 Å². The van der Waals surface area contributed by atoms with Crippen LogP contribution in [0.15, 0.2) is 18.2 Å². The molecule has 0 N–H and O–H groups in total. The molecule has 5 heteroatoms.